The number of halogens is 3. The Bertz CT molecular complexity index is 311. The molecule has 2 aliphatic rings. The summed E-state index contributed by atoms with van der Waals surface area (Å²) in [5.41, 5.74) is 5.82. The minimum atomic E-state index is -4.05. The molecule has 1 saturated heterocycles. The highest BCUT2D eigenvalue weighted by atomic mass is 19.4. The van der Waals surface area contributed by atoms with Gasteiger partial charge in [0.05, 0.1) is 12.0 Å². The molecule has 3 nitrogen and oxygen atoms in total. The summed E-state index contributed by atoms with van der Waals surface area (Å²) in [5, 5.41) is 0. The number of hydrogen-bond acceptors (Lipinski definition) is 3. The maximum atomic E-state index is 12.9. The van der Waals surface area contributed by atoms with Gasteiger partial charge in [0.25, 0.3) is 0 Å². The molecule has 1 aliphatic carbocycles. The van der Waals surface area contributed by atoms with E-state index in [2.05, 4.69) is 4.90 Å². The molecule has 0 radical (unpaired) electrons. The summed E-state index contributed by atoms with van der Waals surface area (Å²) in [4.78, 5) is 2.22. The molecule has 2 fully saturated rings. The summed E-state index contributed by atoms with van der Waals surface area (Å²) < 4.78 is 44.1. The lowest BCUT2D eigenvalue weighted by molar-refractivity contribution is -0.188. The van der Waals surface area contributed by atoms with E-state index in [0.29, 0.717) is 13.0 Å². The topological polar surface area (TPSA) is 38.5 Å². The Hall–Kier alpha value is -0.330. The van der Waals surface area contributed by atoms with Crippen molar-refractivity contribution in [2.24, 2.45) is 11.7 Å². The van der Waals surface area contributed by atoms with Crippen molar-refractivity contribution in [3.8, 4) is 0 Å². The highest BCUT2D eigenvalue weighted by Gasteiger charge is 2.44. The van der Waals surface area contributed by atoms with Gasteiger partial charge in [0.15, 0.2) is 0 Å². The van der Waals surface area contributed by atoms with Gasteiger partial charge in [0, 0.05) is 32.3 Å². The molecule has 20 heavy (non-hydrogen) atoms. The van der Waals surface area contributed by atoms with E-state index in [1.807, 2.05) is 0 Å². The van der Waals surface area contributed by atoms with Crippen LogP contribution < -0.4 is 5.73 Å². The third kappa shape index (κ3) is 3.65. The minimum absolute atomic E-state index is 0.0294. The smallest absolute Gasteiger partial charge is 0.381 e. The Kier molecular flexibility index (Phi) is 5.31. The number of hydrogen-bond donors (Lipinski definition) is 1. The zero-order chi connectivity index (χ0) is 14.8. The number of ether oxygens (including phenoxy) is 1. The molecule has 2 N–H and O–H groups in total. The highest BCUT2D eigenvalue weighted by Crippen LogP contribution is 2.40. The van der Waals surface area contributed by atoms with Crippen LogP contribution in [0, 0.1) is 5.92 Å². The summed E-state index contributed by atoms with van der Waals surface area (Å²) in [6.45, 7) is 1.29. The molecule has 0 bridgehead atoms. The Morgan fingerprint density at radius 2 is 1.95 bits per heavy atom. The van der Waals surface area contributed by atoms with Crippen molar-refractivity contribution in [1.29, 1.82) is 0 Å². The van der Waals surface area contributed by atoms with Gasteiger partial charge < -0.3 is 10.5 Å². The fraction of sp³-hybridized carbons (Fsp3) is 1.00. The molecular weight excluding hydrogens is 269 g/mol. The fourth-order valence-corrected chi connectivity index (χ4v) is 3.72. The molecule has 1 aliphatic heterocycles. The summed E-state index contributed by atoms with van der Waals surface area (Å²) in [7, 11) is 1.69. The van der Waals surface area contributed by atoms with Crippen LogP contribution in [0.5, 0.6) is 0 Å². The molecular formula is C14H25F3N2O. The second-order valence-corrected chi connectivity index (χ2v) is 6.07. The first-order chi connectivity index (χ1) is 9.45. The van der Waals surface area contributed by atoms with Crippen LogP contribution in [0.15, 0.2) is 0 Å². The Morgan fingerprint density at radius 1 is 1.20 bits per heavy atom. The van der Waals surface area contributed by atoms with Gasteiger partial charge in [-0.05, 0) is 32.1 Å². The Balaban J connectivity index is 1.99. The third-order valence-corrected chi connectivity index (χ3v) is 4.90. The molecule has 1 heterocycles. The maximum absolute atomic E-state index is 12.9. The third-order valence-electron chi connectivity index (χ3n) is 4.90. The Morgan fingerprint density at radius 3 is 2.55 bits per heavy atom. The van der Waals surface area contributed by atoms with E-state index < -0.39 is 12.1 Å². The van der Waals surface area contributed by atoms with E-state index in [1.165, 1.54) is 0 Å². The fourth-order valence-electron chi connectivity index (χ4n) is 3.72. The molecule has 2 rings (SSSR count). The van der Waals surface area contributed by atoms with Gasteiger partial charge in [-0.2, -0.15) is 13.2 Å². The van der Waals surface area contributed by atoms with Crippen LogP contribution in [0.4, 0.5) is 13.2 Å². The quantitative estimate of drug-likeness (QED) is 0.869. The van der Waals surface area contributed by atoms with E-state index in [0.717, 1.165) is 25.8 Å². The van der Waals surface area contributed by atoms with E-state index in [4.69, 9.17) is 10.5 Å². The summed E-state index contributed by atoms with van der Waals surface area (Å²) in [5.74, 6) is -1.14. The normalized spacial score (nSPS) is 37.0. The highest BCUT2D eigenvalue weighted by molar-refractivity contribution is 4.91. The van der Waals surface area contributed by atoms with Crippen molar-refractivity contribution in [2.75, 3.05) is 20.2 Å². The number of piperidine rings is 1. The first-order valence-electron chi connectivity index (χ1n) is 7.51. The second-order valence-electron chi connectivity index (χ2n) is 6.07. The van der Waals surface area contributed by atoms with Gasteiger partial charge in [-0.25, -0.2) is 0 Å². The number of likely N-dealkylation sites (tertiary alicyclic amines) is 1. The van der Waals surface area contributed by atoms with Crippen molar-refractivity contribution in [2.45, 2.75) is 62.9 Å². The predicted molar refractivity (Wildman–Crippen MR) is 71.4 cm³/mol. The predicted octanol–water partition coefficient (Wildman–Crippen LogP) is 2.55. The van der Waals surface area contributed by atoms with E-state index in [9.17, 15) is 13.2 Å². The molecule has 0 aromatic heterocycles. The molecule has 0 aromatic carbocycles. The van der Waals surface area contributed by atoms with Crippen molar-refractivity contribution in [1.82, 2.24) is 4.90 Å². The van der Waals surface area contributed by atoms with Crippen LogP contribution in [0.3, 0.4) is 0 Å². The summed E-state index contributed by atoms with van der Waals surface area (Å²) in [6.07, 6.45) is -0.0969. The van der Waals surface area contributed by atoms with Gasteiger partial charge in [-0.1, -0.05) is 6.42 Å². The molecule has 4 atom stereocenters. The largest absolute Gasteiger partial charge is 0.391 e. The first-order valence-corrected chi connectivity index (χ1v) is 7.51. The molecule has 1 saturated carbocycles. The molecule has 0 spiro atoms. The Labute approximate surface area is 118 Å². The average molecular weight is 294 g/mol. The number of alkyl halides is 3. The van der Waals surface area contributed by atoms with Crippen LogP contribution >= 0.6 is 0 Å². The lowest BCUT2D eigenvalue weighted by Gasteiger charge is -2.46. The second kappa shape index (κ2) is 6.62. The SMILES string of the molecule is COC1CCN(C2CCCC(C(F)(F)F)C2)C(CN)C1. The van der Waals surface area contributed by atoms with Crippen LogP contribution in [-0.4, -0.2) is 49.5 Å². The number of rotatable bonds is 3. The molecule has 6 heteroatoms. The van der Waals surface area contributed by atoms with Gasteiger partial charge >= 0.3 is 6.18 Å². The van der Waals surface area contributed by atoms with Gasteiger partial charge in [-0.3, -0.25) is 4.90 Å². The van der Waals surface area contributed by atoms with Crippen molar-refractivity contribution >= 4 is 0 Å². The molecule has 118 valence electrons. The van der Waals surface area contributed by atoms with E-state index >= 15 is 0 Å². The number of nitrogens with two attached hydrogens (primary N) is 1. The van der Waals surface area contributed by atoms with Crippen molar-refractivity contribution < 1.29 is 17.9 Å². The van der Waals surface area contributed by atoms with Gasteiger partial charge in [-0.15, -0.1) is 0 Å². The van der Waals surface area contributed by atoms with Crippen molar-refractivity contribution in [3.63, 3.8) is 0 Å². The average Bonchev–Trinajstić information content (AvgIpc) is 2.45. The van der Waals surface area contributed by atoms with Crippen LogP contribution in [0.25, 0.3) is 0 Å². The lowest BCUT2D eigenvalue weighted by Crippen LogP contribution is -2.54. The van der Waals surface area contributed by atoms with Crippen LogP contribution in [0.2, 0.25) is 0 Å². The van der Waals surface area contributed by atoms with E-state index in [-0.39, 0.29) is 31.0 Å². The van der Waals surface area contributed by atoms with E-state index in [1.54, 1.807) is 7.11 Å². The summed E-state index contributed by atoms with van der Waals surface area (Å²) >= 11 is 0. The number of methoxy groups -OCH3 is 1. The zero-order valence-electron chi connectivity index (χ0n) is 12.0. The first kappa shape index (κ1) is 16.0. The van der Waals surface area contributed by atoms with Crippen molar-refractivity contribution in [3.05, 3.63) is 0 Å². The minimum Gasteiger partial charge on any atom is -0.381 e. The lowest BCUT2D eigenvalue weighted by atomic mass is 9.82. The zero-order valence-corrected chi connectivity index (χ0v) is 12.0. The summed E-state index contributed by atoms with van der Waals surface area (Å²) in [6, 6.07) is 0.187. The standard InChI is InChI=1S/C14H25F3N2O/c1-20-13-5-6-19(12(8-13)9-18)11-4-2-3-10(7-11)14(15,16)17/h10-13H,2-9,18H2,1H3. The van der Waals surface area contributed by atoms with Gasteiger partial charge in [0.1, 0.15) is 0 Å². The van der Waals surface area contributed by atoms with Gasteiger partial charge in [0.2, 0.25) is 0 Å². The maximum Gasteiger partial charge on any atom is 0.391 e. The molecule has 4 unspecified atom stereocenters. The van der Waals surface area contributed by atoms with Crippen LogP contribution in [0.1, 0.15) is 38.5 Å². The number of nitrogens with zero attached hydrogens (tertiary/aromatic N) is 1. The monoisotopic (exact) mass is 294 g/mol. The van der Waals surface area contributed by atoms with Crippen LogP contribution in [-0.2, 0) is 4.74 Å². The molecule has 0 amide bonds. The molecule has 0 aromatic rings.